The Balaban J connectivity index is 3.74. The summed E-state index contributed by atoms with van der Waals surface area (Å²) >= 11 is 5.51. The summed E-state index contributed by atoms with van der Waals surface area (Å²) in [4.78, 5) is 10.8. The van der Waals surface area contributed by atoms with Crippen molar-refractivity contribution in [2.75, 3.05) is 0 Å². The minimum absolute atomic E-state index is 0.0432. The molecule has 1 nitrogen and oxygen atoms in total. The van der Waals surface area contributed by atoms with Gasteiger partial charge in [0.05, 0.1) is 5.03 Å². The van der Waals surface area contributed by atoms with Crippen LogP contribution in [0.4, 0.5) is 0 Å². The normalized spacial score (nSPS) is 11.7. The standard InChI is InChI=1S/C7H11ClO/c1-3-5-7(9)6(8)4-2/h4H,3,5H2,1-2H3/b6-4-. The van der Waals surface area contributed by atoms with Gasteiger partial charge < -0.3 is 0 Å². The van der Waals surface area contributed by atoms with E-state index in [-0.39, 0.29) is 5.78 Å². The van der Waals surface area contributed by atoms with E-state index in [4.69, 9.17) is 11.6 Å². The van der Waals surface area contributed by atoms with Gasteiger partial charge in [-0.25, -0.2) is 0 Å². The van der Waals surface area contributed by atoms with Crippen LogP contribution in [-0.4, -0.2) is 5.78 Å². The minimum Gasteiger partial charge on any atom is -0.293 e. The molecule has 0 saturated carbocycles. The molecule has 0 bridgehead atoms. The van der Waals surface area contributed by atoms with Crippen molar-refractivity contribution in [2.45, 2.75) is 26.7 Å². The first kappa shape index (κ1) is 8.70. The molecule has 52 valence electrons. The first-order valence-corrected chi connectivity index (χ1v) is 3.45. The van der Waals surface area contributed by atoms with Gasteiger partial charge in [0, 0.05) is 6.42 Å². The van der Waals surface area contributed by atoms with Crippen LogP contribution in [0.1, 0.15) is 26.7 Å². The first-order valence-electron chi connectivity index (χ1n) is 3.07. The lowest BCUT2D eigenvalue weighted by Crippen LogP contribution is -1.94. The Labute approximate surface area is 60.7 Å². The van der Waals surface area contributed by atoms with Gasteiger partial charge >= 0.3 is 0 Å². The van der Waals surface area contributed by atoms with Crippen molar-refractivity contribution >= 4 is 17.4 Å². The molecule has 0 aromatic rings. The molecule has 0 aliphatic carbocycles. The van der Waals surface area contributed by atoms with Crippen molar-refractivity contribution in [3.63, 3.8) is 0 Å². The number of hydrogen-bond donors (Lipinski definition) is 0. The van der Waals surface area contributed by atoms with E-state index >= 15 is 0 Å². The predicted octanol–water partition coefficient (Wildman–Crippen LogP) is 2.50. The van der Waals surface area contributed by atoms with E-state index in [2.05, 4.69) is 0 Å². The van der Waals surface area contributed by atoms with E-state index in [0.717, 1.165) is 6.42 Å². The summed E-state index contributed by atoms with van der Waals surface area (Å²) in [7, 11) is 0. The Morgan fingerprint density at radius 3 is 2.56 bits per heavy atom. The summed E-state index contributed by atoms with van der Waals surface area (Å²) in [6.45, 7) is 3.72. The molecule has 0 unspecified atom stereocenters. The summed E-state index contributed by atoms with van der Waals surface area (Å²) in [6.07, 6.45) is 3.05. The molecule has 0 aliphatic heterocycles. The number of rotatable bonds is 3. The summed E-state index contributed by atoms with van der Waals surface area (Å²) in [5, 5.41) is 0.358. The van der Waals surface area contributed by atoms with Crippen LogP contribution in [0.5, 0.6) is 0 Å². The van der Waals surface area contributed by atoms with Crippen molar-refractivity contribution in [2.24, 2.45) is 0 Å². The second-order valence-corrected chi connectivity index (χ2v) is 2.22. The van der Waals surface area contributed by atoms with Gasteiger partial charge in [0.25, 0.3) is 0 Å². The molecule has 0 aromatic carbocycles. The van der Waals surface area contributed by atoms with Crippen LogP contribution in [-0.2, 0) is 4.79 Å². The molecule has 0 spiro atoms. The molecule has 9 heavy (non-hydrogen) atoms. The lowest BCUT2D eigenvalue weighted by molar-refractivity contribution is -0.115. The van der Waals surface area contributed by atoms with Gasteiger partial charge in [0.1, 0.15) is 0 Å². The molecular weight excluding hydrogens is 136 g/mol. The third-order valence-corrected chi connectivity index (χ3v) is 1.43. The number of allylic oxidation sites excluding steroid dienone is 2. The molecule has 0 radical (unpaired) electrons. The van der Waals surface area contributed by atoms with E-state index in [1.54, 1.807) is 13.0 Å². The molecule has 0 aromatic heterocycles. The Bertz CT molecular complexity index is 127. The maximum Gasteiger partial charge on any atom is 0.173 e. The highest BCUT2D eigenvalue weighted by Crippen LogP contribution is 2.05. The zero-order valence-corrected chi connectivity index (χ0v) is 6.53. The van der Waals surface area contributed by atoms with Gasteiger partial charge in [-0.05, 0) is 13.3 Å². The zero-order valence-electron chi connectivity index (χ0n) is 5.78. The van der Waals surface area contributed by atoms with Gasteiger partial charge in [0.15, 0.2) is 5.78 Å². The molecule has 0 atom stereocenters. The summed E-state index contributed by atoms with van der Waals surface area (Å²) in [6, 6.07) is 0. The lowest BCUT2D eigenvalue weighted by Gasteiger charge is -1.92. The van der Waals surface area contributed by atoms with E-state index in [0.29, 0.717) is 11.5 Å². The van der Waals surface area contributed by atoms with E-state index < -0.39 is 0 Å². The molecule has 0 aliphatic rings. The highest BCUT2D eigenvalue weighted by Gasteiger charge is 2.01. The SMILES string of the molecule is C/C=C(\Cl)C(=O)CCC. The number of halogens is 1. The van der Waals surface area contributed by atoms with Gasteiger partial charge in [0.2, 0.25) is 0 Å². The average Bonchev–Trinajstić information content (AvgIpc) is 1.87. The van der Waals surface area contributed by atoms with E-state index in [1.807, 2.05) is 6.92 Å². The second kappa shape index (κ2) is 4.57. The third kappa shape index (κ3) is 3.31. The van der Waals surface area contributed by atoms with Gasteiger partial charge in [-0.1, -0.05) is 24.6 Å². The molecular formula is C7H11ClO. The van der Waals surface area contributed by atoms with E-state index in [1.165, 1.54) is 0 Å². The zero-order chi connectivity index (χ0) is 7.28. The Morgan fingerprint density at radius 1 is 1.67 bits per heavy atom. The van der Waals surface area contributed by atoms with Crippen molar-refractivity contribution in [1.82, 2.24) is 0 Å². The fourth-order valence-electron chi connectivity index (χ4n) is 0.507. The van der Waals surface area contributed by atoms with Gasteiger partial charge in [-0.15, -0.1) is 0 Å². The molecule has 0 saturated heterocycles. The number of Topliss-reactive ketones (excluding diaryl/α,β-unsaturated/α-hetero) is 1. The van der Waals surface area contributed by atoms with Gasteiger partial charge in [-0.3, -0.25) is 4.79 Å². The smallest absolute Gasteiger partial charge is 0.173 e. The fourth-order valence-corrected chi connectivity index (χ4v) is 0.602. The maximum absolute atomic E-state index is 10.8. The molecule has 0 rings (SSSR count). The highest BCUT2D eigenvalue weighted by atomic mass is 35.5. The largest absolute Gasteiger partial charge is 0.293 e. The van der Waals surface area contributed by atoms with Crippen molar-refractivity contribution in [1.29, 1.82) is 0 Å². The summed E-state index contributed by atoms with van der Waals surface area (Å²) < 4.78 is 0. The van der Waals surface area contributed by atoms with Crippen molar-refractivity contribution in [3.8, 4) is 0 Å². The monoisotopic (exact) mass is 146 g/mol. The van der Waals surface area contributed by atoms with Crippen LogP contribution < -0.4 is 0 Å². The second-order valence-electron chi connectivity index (χ2n) is 1.81. The predicted molar refractivity (Wildman–Crippen MR) is 39.5 cm³/mol. The Hall–Kier alpha value is -0.300. The minimum atomic E-state index is 0.0432. The molecule has 0 heterocycles. The first-order chi connectivity index (χ1) is 4.22. The Morgan fingerprint density at radius 2 is 2.22 bits per heavy atom. The number of carbonyl (C=O) groups is 1. The highest BCUT2D eigenvalue weighted by molar-refractivity contribution is 6.42. The molecule has 0 fully saturated rings. The fraction of sp³-hybridized carbons (Fsp3) is 0.571. The molecule has 0 N–H and O–H groups in total. The quantitative estimate of drug-likeness (QED) is 0.560. The third-order valence-electron chi connectivity index (χ3n) is 0.997. The van der Waals surface area contributed by atoms with Crippen LogP contribution in [0, 0.1) is 0 Å². The van der Waals surface area contributed by atoms with Crippen LogP contribution in [0.3, 0.4) is 0 Å². The van der Waals surface area contributed by atoms with Gasteiger partial charge in [-0.2, -0.15) is 0 Å². The topological polar surface area (TPSA) is 17.1 Å². The van der Waals surface area contributed by atoms with Crippen LogP contribution in [0.25, 0.3) is 0 Å². The number of ketones is 1. The van der Waals surface area contributed by atoms with Crippen molar-refractivity contribution in [3.05, 3.63) is 11.1 Å². The maximum atomic E-state index is 10.8. The Kier molecular flexibility index (Phi) is 4.41. The van der Waals surface area contributed by atoms with Crippen LogP contribution in [0.2, 0.25) is 0 Å². The average molecular weight is 147 g/mol. The number of hydrogen-bond acceptors (Lipinski definition) is 1. The van der Waals surface area contributed by atoms with Crippen molar-refractivity contribution < 1.29 is 4.79 Å². The van der Waals surface area contributed by atoms with Crippen LogP contribution >= 0.6 is 11.6 Å². The lowest BCUT2D eigenvalue weighted by atomic mass is 10.2. The summed E-state index contributed by atoms with van der Waals surface area (Å²) in [5.74, 6) is 0.0432. The van der Waals surface area contributed by atoms with E-state index in [9.17, 15) is 4.79 Å². The summed E-state index contributed by atoms with van der Waals surface area (Å²) in [5.41, 5.74) is 0. The van der Waals surface area contributed by atoms with Crippen LogP contribution in [0.15, 0.2) is 11.1 Å². The number of carbonyl (C=O) groups excluding carboxylic acids is 1. The molecule has 2 heteroatoms. The molecule has 0 amide bonds.